The molecule has 0 unspecified atom stereocenters. The van der Waals surface area contributed by atoms with E-state index in [1.165, 1.54) is 0 Å². The second-order valence-corrected chi connectivity index (χ2v) is 6.97. The standard InChI is InChI=1S/C23H30N2O4/c1-5-17(2)24-23(27)18(3)25(15-19-11-13-20(28-4)14-12-19)22(26)16-29-21-9-7-6-8-10-21/h6-14,17-18H,5,15-16H2,1-4H3,(H,24,27)/t17-,18-/m0/s1. The highest BCUT2D eigenvalue weighted by atomic mass is 16.5. The van der Waals surface area contributed by atoms with Crippen LogP contribution in [0.2, 0.25) is 0 Å². The van der Waals surface area contributed by atoms with E-state index in [1.54, 1.807) is 31.1 Å². The van der Waals surface area contributed by atoms with E-state index in [1.807, 2.05) is 56.3 Å². The number of methoxy groups -OCH3 is 1. The first kappa shape index (κ1) is 22.3. The molecule has 1 N–H and O–H groups in total. The van der Waals surface area contributed by atoms with Gasteiger partial charge in [-0.05, 0) is 50.1 Å². The van der Waals surface area contributed by atoms with Crippen molar-refractivity contribution in [1.82, 2.24) is 10.2 Å². The maximum atomic E-state index is 12.9. The van der Waals surface area contributed by atoms with Crippen molar-refractivity contribution in [3.63, 3.8) is 0 Å². The second-order valence-electron chi connectivity index (χ2n) is 6.97. The van der Waals surface area contributed by atoms with Gasteiger partial charge >= 0.3 is 0 Å². The molecule has 0 saturated carbocycles. The lowest BCUT2D eigenvalue weighted by Gasteiger charge is -2.29. The SMILES string of the molecule is CC[C@H](C)NC(=O)[C@H](C)N(Cc1ccc(OC)cc1)C(=O)COc1ccccc1. The largest absolute Gasteiger partial charge is 0.497 e. The number of rotatable bonds is 10. The summed E-state index contributed by atoms with van der Waals surface area (Å²) in [7, 11) is 1.60. The number of para-hydroxylation sites is 1. The molecule has 29 heavy (non-hydrogen) atoms. The van der Waals surface area contributed by atoms with Crippen molar-refractivity contribution in [2.75, 3.05) is 13.7 Å². The summed E-state index contributed by atoms with van der Waals surface area (Å²) in [6.45, 7) is 5.85. The summed E-state index contributed by atoms with van der Waals surface area (Å²) in [5, 5.41) is 2.95. The fraction of sp³-hybridized carbons (Fsp3) is 0.391. The molecule has 2 atom stereocenters. The van der Waals surface area contributed by atoms with Crippen molar-refractivity contribution in [1.29, 1.82) is 0 Å². The number of hydrogen-bond donors (Lipinski definition) is 1. The van der Waals surface area contributed by atoms with Gasteiger partial charge in [0.25, 0.3) is 5.91 Å². The van der Waals surface area contributed by atoms with Gasteiger partial charge in [-0.3, -0.25) is 9.59 Å². The maximum absolute atomic E-state index is 12.9. The van der Waals surface area contributed by atoms with E-state index in [2.05, 4.69) is 5.32 Å². The number of carbonyl (C=O) groups excluding carboxylic acids is 2. The van der Waals surface area contributed by atoms with Crippen LogP contribution < -0.4 is 14.8 Å². The summed E-state index contributed by atoms with van der Waals surface area (Å²) in [4.78, 5) is 27.1. The minimum Gasteiger partial charge on any atom is -0.497 e. The number of nitrogens with zero attached hydrogens (tertiary/aromatic N) is 1. The summed E-state index contributed by atoms with van der Waals surface area (Å²) in [6, 6.07) is 16.0. The second kappa shape index (κ2) is 11.1. The monoisotopic (exact) mass is 398 g/mol. The van der Waals surface area contributed by atoms with Crippen LogP contribution in [-0.2, 0) is 16.1 Å². The molecule has 2 aromatic rings. The molecule has 6 nitrogen and oxygen atoms in total. The topological polar surface area (TPSA) is 67.9 Å². The van der Waals surface area contributed by atoms with Crippen molar-refractivity contribution in [2.45, 2.75) is 45.8 Å². The van der Waals surface area contributed by atoms with E-state index < -0.39 is 6.04 Å². The van der Waals surface area contributed by atoms with Gasteiger partial charge in [-0.2, -0.15) is 0 Å². The van der Waals surface area contributed by atoms with Crippen molar-refractivity contribution in [2.24, 2.45) is 0 Å². The lowest BCUT2D eigenvalue weighted by molar-refractivity contribution is -0.142. The summed E-state index contributed by atoms with van der Waals surface area (Å²) >= 11 is 0. The van der Waals surface area contributed by atoms with Gasteiger partial charge in [0.2, 0.25) is 5.91 Å². The predicted molar refractivity (Wildman–Crippen MR) is 113 cm³/mol. The van der Waals surface area contributed by atoms with Gasteiger partial charge in [0.15, 0.2) is 6.61 Å². The van der Waals surface area contributed by atoms with E-state index in [0.29, 0.717) is 12.3 Å². The Hall–Kier alpha value is -3.02. The Morgan fingerprint density at radius 2 is 1.66 bits per heavy atom. The Morgan fingerprint density at radius 1 is 1.00 bits per heavy atom. The van der Waals surface area contributed by atoms with E-state index in [9.17, 15) is 9.59 Å². The summed E-state index contributed by atoms with van der Waals surface area (Å²) in [5.41, 5.74) is 0.905. The van der Waals surface area contributed by atoms with Crippen molar-refractivity contribution in [3.05, 3.63) is 60.2 Å². The highest BCUT2D eigenvalue weighted by Gasteiger charge is 2.27. The summed E-state index contributed by atoms with van der Waals surface area (Å²) < 4.78 is 10.8. The number of amides is 2. The smallest absolute Gasteiger partial charge is 0.261 e. The molecule has 0 aliphatic carbocycles. The predicted octanol–water partition coefficient (Wildman–Crippen LogP) is 3.41. The van der Waals surface area contributed by atoms with Crippen LogP contribution in [0.5, 0.6) is 11.5 Å². The lowest BCUT2D eigenvalue weighted by atomic mass is 10.1. The van der Waals surface area contributed by atoms with Gasteiger partial charge in [-0.1, -0.05) is 37.3 Å². The Balaban J connectivity index is 2.13. The molecule has 2 aromatic carbocycles. The Morgan fingerprint density at radius 3 is 2.24 bits per heavy atom. The third-order valence-electron chi connectivity index (χ3n) is 4.79. The lowest BCUT2D eigenvalue weighted by Crippen LogP contribution is -2.50. The first-order valence-electron chi connectivity index (χ1n) is 9.85. The number of ether oxygens (including phenoxy) is 2. The quantitative estimate of drug-likeness (QED) is 0.666. The average molecular weight is 399 g/mol. The Bertz CT molecular complexity index is 777. The summed E-state index contributed by atoms with van der Waals surface area (Å²) in [6.07, 6.45) is 0.821. The zero-order valence-corrected chi connectivity index (χ0v) is 17.6. The van der Waals surface area contributed by atoms with Gasteiger partial charge in [0, 0.05) is 12.6 Å². The molecular formula is C23H30N2O4. The van der Waals surface area contributed by atoms with Crippen LogP contribution in [0.25, 0.3) is 0 Å². The summed E-state index contributed by atoms with van der Waals surface area (Å²) in [5.74, 6) is 0.918. The highest BCUT2D eigenvalue weighted by Crippen LogP contribution is 2.16. The normalized spacial score (nSPS) is 12.6. The fourth-order valence-corrected chi connectivity index (χ4v) is 2.72. The van der Waals surface area contributed by atoms with Gasteiger partial charge < -0.3 is 19.7 Å². The molecule has 0 spiro atoms. The van der Waals surface area contributed by atoms with Crippen molar-refractivity contribution in [3.8, 4) is 11.5 Å². The number of benzene rings is 2. The molecule has 0 aromatic heterocycles. The first-order valence-corrected chi connectivity index (χ1v) is 9.85. The molecule has 0 saturated heterocycles. The molecule has 0 fully saturated rings. The molecule has 156 valence electrons. The van der Waals surface area contributed by atoms with Crippen LogP contribution in [0.3, 0.4) is 0 Å². The van der Waals surface area contributed by atoms with E-state index in [-0.39, 0.29) is 24.5 Å². The number of carbonyl (C=O) groups is 2. The van der Waals surface area contributed by atoms with Crippen molar-refractivity contribution < 1.29 is 19.1 Å². The molecule has 0 bridgehead atoms. The maximum Gasteiger partial charge on any atom is 0.261 e. The van der Waals surface area contributed by atoms with E-state index in [4.69, 9.17) is 9.47 Å². The van der Waals surface area contributed by atoms with Crippen molar-refractivity contribution >= 4 is 11.8 Å². The Kier molecular flexibility index (Phi) is 8.52. The molecule has 0 aliphatic rings. The molecule has 0 radical (unpaired) electrons. The van der Waals surface area contributed by atoms with E-state index in [0.717, 1.165) is 17.7 Å². The van der Waals surface area contributed by atoms with Crippen LogP contribution in [0.4, 0.5) is 0 Å². The van der Waals surface area contributed by atoms with Gasteiger partial charge in [0.05, 0.1) is 7.11 Å². The van der Waals surface area contributed by atoms with Crippen LogP contribution in [0, 0.1) is 0 Å². The molecule has 0 heterocycles. The Labute approximate surface area is 172 Å². The van der Waals surface area contributed by atoms with Gasteiger partial charge in [0.1, 0.15) is 17.5 Å². The minimum atomic E-state index is -0.627. The molecule has 2 rings (SSSR count). The fourth-order valence-electron chi connectivity index (χ4n) is 2.72. The van der Waals surface area contributed by atoms with Gasteiger partial charge in [-0.25, -0.2) is 0 Å². The zero-order valence-electron chi connectivity index (χ0n) is 17.6. The molecule has 2 amide bonds. The molecule has 0 aliphatic heterocycles. The van der Waals surface area contributed by atoms with Crippen LogP contribution in [0.15, 0.2) is 54.6 Å². The van der Waals surface area contributed by atoms with Crippen LogP contribution in [-0.4, -0.2) is 42.5 Å². The van der Waals surface area contributed by atoms with E-state index >= 15 is 0 Å². The average Bonchev–Trinajstić information content (AvgIpc) is 2.76. The minimum absolute atomic E-state index is 0.0449. The first-order chi connectivity index (χ1) is 13.9. The third-order valence-corrected chi connectivity index (χ3v) is 4.79. The van der Waals surface area contributed by atoms with Crippen LogP contribution >= 0.6 is 0 Å². The van der Waals surface area contributed by atoms with Crippen LogP contribution in [0.1, 0.15) is 32.8 Å². The molecule has 6 heteroatoms. The third kappa shape index (κ3) is 6.82. The molecular weight excluding hydrogens is 368 g/mol. The number of nitrogens with one attached hydrogen (secondary N) is 1. The zero-order chi connectivity index (χ0) is 21.2. The van der Waals surface area contributed by atoms with Gasteiger partial charge in [-0.15, -0.1) is 0 Å². The highest BCUT2D eigenvalue weighted by molar-refractivity contribution is 5.88. The number of hydrogen-bond acceptors (Lipinski definition) is 4.